The molecule has 1 aromatic heterocycles. The Bertz CT molecular complexity index is 689. The van der Waals surface area contributed by atoms with Gasteiger partial charge in [0.05, 0.1) is 19.3 Å². The highest BCUT2D eigenvalue weighted by Gasteiger charge is 2.31. The first-order valence-corrected chi connectivity index (χ1v) is 8.72. The Kier molecular flexibility index (Phi) is 3.85. The molecule has 3 heteroatoms. The molecule has 0 aliphatic carbocycles. The molecule has 0 bridgehead atoms. The third-order valence-corrected chi connectivity index (χ3v) is 5.57. The fraction of sp³-hybridized carbons (Fsp3) is 0.579. The summed E-state index contributed by atoms with van der Waals surface area (Å²) in [6, 6.07) is 9.70. The van der Waals surface area contributed by atoms with Crippen LogP contribution in [0.5, 0.6) is 0 Å². The third-order valence-electron chi connectivity index (χ3n) is 4.78. The predicted molar refractivity (Wildman–Crippen MR) is 97.4 cm³/mol. The van der Waals surface area contributed by atoms with Gasteiger partial charge in [-0.3, -0.25) is 0 Å². The van der Waals surface area contributed by atoms with E-state index in [1.807, 2.05) is 0 Å². The summed E-state index contributed by atoms with van der Waals surface area (Å²) in [5, 5.41) is 1.32. The van der Waals surface area contributed by atoms with E-state index in [4.69, 9.17) is 4.74 Å². The maximum atomic E-state index is 5.47. The largest absolute Gasteiger partial charge is 0.377 e. The van der Waals surface area contributed by atoms with E-state index < -0.39 is 0 Å². The number of hydrogen-bond donors (Lipinski definition) is 1. The van der Waals surface area contributed by atoms with Crippen molar-refractivity contribution in [3.8, 4) is 0 Å². The Morgan fingerprint density at radius 2 is 1.82 bits per heavy atom. The molecule has 1 fully saturated rings. The first-order valence-electron chi connectivity index (χ1n) is 8.08. The van der Waals surface area contributed by atoms with Crippen LogP contribution in [0.4, 0.5) is 0 Å². The van der Waals surface area contributed by atoms with Crippen LogP contribution in [-0.4, -0.2) is 23.5 Å². The van der Waals surface area contributed by atoms with Gasteiger partial charge in [-0.05, 0) is 28.5 Å². The maximum Gasteiger partial charge on any atom is 0.0806 e. The number of thiol groups is 1. The minimum Gasteiger partial charge on any atom is -0.377 e. The molecule has 120 valence electrons. The molecule has 0 N–H and O–H groups in total. The van der Waals surface area contributed by atoms with Crippen molar-refractivity contribution in [2.75, 3.05) is 19.0 Å². The second-order valence-electron chi connectivity index (χ2n) is 8.16. The topological polar surface area (TPSA) is 14.2 Å². The lowest BCUT2D eigenvalue weighted by Gasteiger charge is -2.34. The van der Waals surface area contributed by atoms with Crippen LogP contribution in [0.25, 0.3) is 10.9 Å². The monoisotopic (exact) mass is 317 g/mol. The average molecular weight is 317 g/mol. The molecule has 2 nitrogen and oxygen atoms in total. The van der Waals surface area contributed by atoms with E-state index in [9.17, 15) is 0 Å². The van der Waals surface area contributed by atoms with Crippen LogP contribution in [0.2, 0.25) is 0 Å². The smallest absolute Gasteiger partial charge is 0.0806 e. The van der Waals surface area contributed by atoms with Gasteiger partial charge >= 0.3 is 0 Å². The molecule has 0 amide bonds. The zero-order chi connectivity index (χ0) is 16.1. The van der Waals surface area contributed by atoms with Gasteiger partial charge in [0.1, 0.15) is 0 Å². The van der Waals surface area contributed by atoms with Crippen molar-refractivity contribution < 1.29 is 4.74 Å². The van der Waals surface area contributed by atoms with Gasteiger partial charge in [0, 0.05) is 22.4 Å². The Morgan fingerprint density at radius 3 is 2.32 bits per heavy atom. The van der Waals surface area contributed by atoms with Crippen molar-refractivity contribution >= 4 is 23.5 Å². The lowest BCUT2D eigenvalue weighted by molar-refractivity contribution is -0.0232. The first kappa shape index (κ1) is 15.9. The molecule has 0 spiro atoms. The van der Waals surface area contributed by atoms with Gasteiger partial charge in [-0.25, -0.2) is 0 Å². The predicted octanol–water partition coefficient (Wildman–Crippen LogP) is 4.72. The molecule has 0 radical (unpaired) electrons. The zero-order valence-electron chi connectivity index (χ0n) is 14.3. The van der Waals surface area contributed by atoms with Crippen LogP contribution >= 0.6 is 12.6 Å². The van der Waals surface area contributed by atoms with Crippen LogP contribution in [-0.2, 0) is 15.6 Å². The summed E-state index contributed by atoms with van der Waals surface area (Å²) in [6.45, 7) is 13.0. The Balaban J connectivity index is 2.24. The van der Waals surface area contributed by atoms with Gasteiger partial charge in [0.15, 0.2) is 0 Å². The minimum absolute atomic E-state index is 0.0552. The second kappa shape index (κ2) is 5.31. The molecular formula is C19H27NOS. The van der Waals surface area contributed by atoms with E-state index in [0.29, 0.717) is 6.04 Å². The van der Waals surface area contributed by atoms with Crippen LogP contribution < -0.4 is 0 Å². The average Bonchev–Trinajstić information content (AvgIpc) is 2.75. The summed E-state index contributed by atoms with van der Waals surface area (Å²) in [6.07, 6.45) is 0. The SMILES string of the molecule is CC(C)(C)c1ccc2cc(C(C)(C)CS)n(C3COC3)c2c1. The van der Waals surface area contributed by atoms with E-state index in [1.54, 1.807) is 0 Å². The summed E-state index contributed by atoms with van der Waals surface area (Å²) < 4.78 is 7.97. The highest BCUT2D eigenvalue weighted by atomic mass is 32.1. The van der Waals surface area contributed by atoms with Gasteiger partial charge in [-0.15, -0.1) is 0 Å². The molecule has 0 saturated carbocycles. The molecule has 1 aliphatic rings. The summed E-state index contributed by atoms with van der Waals surface area (Å²) >= 11 is 4.58. The number of fused-ring (bicyclic) bond motifs is 1. The number of hydrogen-bond acceptors (Lipinski definition) is 2. The summed E-state index contributed by atoms with van der Waals surface area (Å²) in [4.78, 5) is 0. The quantitative estimate of drug-likeness (QED) is 0.809. The van der Waals surface area contributed by atoms with Crippen molar-refractivity contribution in [1.82, 2.24) is 4.57 Å². The van der Waals surface area contributed by atoms with Crippen molar-refractivity contribution in [1.29, 1.82) is 0 Å². The molecule has 0 unspecified atom stereocenters. The molecule has 0 atom stereocenters. The summed E-state index contributed by atoms with van der Waals surface area (Å²) in [5.41, 5.74) is 4.32. The number of rotatable bonds is 3. The Labute approximate surface area is 139 Å². The zero-order valence-corrected chi connectivity index (χ0v) is 15.2. The summed E-state index contributed by atoms with van der Waals surface area (Å²) in [5.74, 6) is 0.836. The van der Waals surface area contributed by atoms with Crippen molar-refractivity contribution in [3.05, 3.63) is 35.5 Å². The fourth-order valence-corrected chi connectivity index (χ4v) is 3.22. The minimum atomic E-state index is 0.0552. The first-order chi connectivity index (χ1) is 10.2. The molecular weight excluding hydrogens is 290 g/mol. The highest BCUT2D eigenvalue weighted by molar-refractivity contribution is 7.80. The van der Waals surface area contributed by atoms with Crippen LogP contribution in [0.1, 0.15) is 51.9 Å². The lowest BCUT2D eigenvalue weighted by Crippen LogP contribution is -2.35. The van der Waals surface area contributed by atoms with E-state index in [2.05, 4.69) is 76.1 Å². The molecule has 1 aliphatic heterocycles. The standard InChI is InChI=1S/C19H27NOS/c1-18(2,3)14-7-6-13-8-17(19(4,5)12-22)20(16(13)9-14)15-10-21-11-15/h6-9,15,22H,10-12H2,1-5H3. The molecule has 1 saturated heterocycles. The van der Waals surface area contributed by atoms with Gasteiger partial charge in [0.25, 0.3) is 0 Å². The molecule has 2 aromatic rings. The maximum absolute atomic E-state index is 5.47. The fourth-order valence-electron chi connectivity index (χ4n) is 3.06. The number of ether oxygens (including phenoxy) is 1. The van der Waals surface area contributed by atoms with Crippen molar-refractivity contribution in [3.63, 3.8) is 0 Å². The summed E-state index contributed by atoms with van der Waals surface area (Å²) in [7, 11) is 0. The lowest BCUT2D eigenvalue weighted by atomic mass is 9.86. The van der Waals surface area contributed by atoms with Gasteiger partial charge in [-0.1, -0.05) is 46.8 Å². The number of aromatic nitrogens is 1. The van der Waals surface area contributed by atoms with Gasteiger partial charge in [-0.2, -0.15) is 12.6 Å². The van der Waals surface area contributed by atoms with Gasteiger partial charge in [0.2, 0.25) is 0 Å². The molecule has 2 heterocycles. The van der Waals surface area contributed by atoms with Crippen molar-refractivity contribution in [2.24, 2.45) is 0 Å². The molecule has 1 aromatic carbocycles. The highest BCUT2D eigenvalue weighted by Crippen LogP contribution is 2.37. The van der Waals surface area contributed by atoms with Gasteiger partial charge < -0.3 is 9.30 Å². The van der Waals surface area contributed by atoms with E-state index in [1.165, 1.54) is 22.2 Å². The van der Waals surface area contributed by atoms with Crippen LogP contribution in [0.3, 0.4) is 0 Å². The normalized spacial score (nSPS) is 17.0. The van der Waals surface area contributed by atoms with E-state index in [0.717, 1.165) is 19.0 Å². The van der Waals surface area contributed by atoms with E-state index in [-0.39, 0.29) is 10.8 Å². The van der Waals surface area contributed by atoms with Crippen LogP contribution in [0, 0.1) is 0 Å². The van der Waals surface area contributed by atoms with Crippen molar-refractivity contribution in [2.45, 2.75) is 51.5 Å². The number of benzene rings is 1. The second-order valence-corrected chi connectivity index (χ2v) is 8.47. The molecule has 3 rings (SSSR count). The third kappa shape index (κ3) is 2.59. The van der Waals surface area contributed by atoms with E-state index >= 15 is 0 Å². The Hall–Kier alpha value is -0.930. The number of nitrogens with zero attached hydrogens (tertiary/aromatic N) is 1. The molecule has 22 heavy (non-hydrogen) atoms. The van der Waals surface area contributed by atoms with Crippen LogP contribution in [0.15, 0.2) is 24.3 Å². The Morgan fingerprint density at radius 1 is 1.14 bits per heavy atom.